The average molecular weight is 281 g/mol. The molecule has 0 unspecified atom stereocenters. The summed E-state index contributed by atoms with van der Waals surface area (Å²) in [4.78, 5) is 11.8. The van der Waals surface area contributed by atoms with Crippen LogP contribution in [0.25, 0.3) is 5.69 Å². The number of carbonyl (C=O) groups excluding carboxylic acids is 1. The van der Waals surface area contributed by atoms with Crippen LogP contribution in [-0.2, 0) is 4.74 Å². The molecule has 1 aromatic heterocycles. The van der Waals surface area contributed by atoms with Crippen LogP contribution >= 0.6 is 0 Å². The van der Waals surface area contributed by atoms with E-state index in [1.54, 1.807) is 13.8 Å². The maximum absolute atomic E-state index is 13.2. The van der Waals surface area contributed by atoms with Crippen LogP contribution in [0.2, 0.25) is 0 Å². The van der Waals surface area contributed by atoms with Crippen LogP contribution in [0, 0.1) is 18.6 Å². The summed E-state index contributed by atoms with van der Waals surface area (Å²) in [6, 6.07) is 3.23. The summed E-state index contributed by atoms with van der Waals surface area (Å²) >= 11 is 0. The summed E-state index contributed by atoms with van der Waals surface area (Å²) < 4.78 is 32.2. The lowest BCUT2D eigenvalue weighted by Gasteiger charge is -2.05. The number of aryl methyl sites for hydroxylation is 1. The molecule has 0 radical (unpaired) electrons. The first kappa shape index (κ1) is 14.0. The zero-order chi connectivity index (χ0) is 14.9. The molecule has 1 aromatic carbocycles. The number of benzene rings is 1. The lowest BCUT2D eigenvalue weighted by molar-refractivity contribution is 0.0527. The van der Waals surface area contributed by atoms with E-state index in [9.17, 15) is 13.6 Å². The zero-order valence-electron chi connectivity index (χ0n) is 11.0. The SMILES string of the molecule is CCOC(=O)c1c(C)nn(-c2ccc(F)c(F)c2)c1N. The van der Waals surface area contributed by atoms with Gasteiger partial charge in [0.25, 0.3) is 0 Å². The minimum atomic E-state index is -1.02. The molecule has 0 saturated carbocycles. The summed E-state index contributed by atoms with van der Waals surface area (Å²) in [5.74, 6) is -2.57. The van der Waals surface area contributed by atoms with Crippen molar-refractivity contribution >= 4 is 11.8 Å². The van der Waals surface area contributed by atoms with Gasteiger partial charge >= 0.3 is 5.97 Å². The molecule has 0 aliphatic heterocycles. The van der Waals surface area contributed by atoms with E-state index in [4.69, 9.17) is 10.5 Å². The molecular formula is C13H13F2N3O2. The summed E-state index contributed by atoms with van der Waals surface area (Å²) in [5.41, 5.74) is 6.54. The van der Waals surface area contributed by atoms with Gasteiger partial charge in [-0.2, -0.15) is 5.10 Å². The summed E-state index contributed by atoms with van der Waals surface area (Å²) in [6.45, 7) is 3.45. The van der Waals surface area contributed by atoms with Gasteiger partial charge in [0.1, 0.15) is 11.4 Å². The number of halogens is 2. The highest BCUT2D eigenvalue weighted by Crippen LogP contribution is 2.22. The van der Waals surface area contributed by atoms with Gasteiger partial charge in [-0.3, -0.25) is 0 Å². The number of nitrogens with two attached hydrogens (primary N) is 1. The van der Waals surface area contributed by atoms with Gasteiger partial charge in [0.2, 0.25) is 0 Å². The molecule has 1 heterocycles. The lowest BCUT2D eigenvalue weighted by atomic mass is 10.2. The second-order valence-electron chi connectivity index (χ2n) is 4.08. The van der Waals surface area contributed by atoms with Crippen molar-refractivity contribution in [2.75, 3.05) is 12.3 Å². The van der Waals surface area contributed by atoms with Gasteiger partial charge in [0.15, 0.2) is 11.6 Å². The van der Waals surface area contributed by atoms with Crippen molar-refractivity contribution in [2.45, 2.75) is 13.8 Å². The van der Waals surface area contributed by atoms with Crippen molar-refractivity contribution in [1.29, 1.82) is 0 Å². The smallest absolute Gasteiger partial charge is 0.343 e. The number of hydrogen-bond donors (Lipinski definition) is 1. The maximum Gasteiger partial charge on any atom is 0.343 e. The molecule has 20 heavy (non-hydrogen) atoms. The van der Waals surface area contributed by atoms with E-state index in [2.05, 4.69) is 5.10 Å². The monoisotopic (exact) mass is 281 g/mol. The van der Waals surface area contributed by atoms with Crippen molar-refractivity contribution in [2.24, 2.45) is 0 Å². The number of rotatable bonds is 3. The molecule has 7 heteroatoms. The Balaban J connectivity index is 2.51. The van der Waals surface area contributed by atoms with Crippen LogP contribution in [0.5, 0.6) is 0 Å². The van der Waals surface area contributed by atoms with Crippen molar-refractivity contribution < 1.29 is 18.3 Å². The van der Waals surface area contributed by atoms with Crippen molar-refractivity contribution in [1.82, 2.24) is 9.78 Å². The first-order chi connectivity index (χ1) is 9.45. The van der Waals surface area contributed by atoms with E-state index < -0.39 is 17.6 Å². The highest BCUT2D eigenvalue weighted by molar-refractivity contribution is 5.95. The maximum atomic E-state index is 13.2. The van der Waals surface area contributed by atoms with Gasteiger partial charge in [-0.1, -0.05) is 0 Å². The Morgan fingerprint density at radius 1 is 1.40 bits per heavy atom. The summed E-state index contributed by atoms with van der Waals surface area (Å²) in [5, 5.41) is 4.06. The molecule has 2 aromatic rings. The fourth-order valence-corrected chi connectivity index (χ4v) is 1.81. The Bertz CT molecular complexity index is 668. The van der Waals surface area contributed by atoms with E-state index >= 15 is 0 Å². The number of hydrogen-bond acceptors (Lipinski definition) is 4. The third kappa shape index (κ3) is 2.34. The van der Waals surface area contributed by atoms with Gasteiger partial charge in [0.05, 0.1) is 18.0 Å². The topological polar surface area (TPSA) is 70.1 Å². The van der Waals surface area contributed by atoms with E-state index in [1.165, 1.54) is 10.7 Å². The normalized spacial score (nSPS) is 10.6. The molecule has 106 valence electrons. The predicted molar refractivity (Wildman–Crippen MR) is 68.6 cm³/mol. The Labute approximate surface area is 114 Å². The molecule has 0 amide bonds. The van der Waals surface area contributed by atoms with Gasteiger partial charge in [0, 0.05) is 6.07 Å². The molecule has 0 bridgehead atoms. The summed E-state index contributed by atoms with van der Waals surface area (Å²) in [6.07, 6.45) is 0. The van der Waals surface area contributed by atoms with E-state index in [0.29, 0.717) is 5.69 Å². The number of esters is 1. The highest BCUT2D eigenvalue weighted by atomic mass is 19.2. The number of nitrogens with zero attached hydrogens (tertiary/aromatic N) is 2. The molecule has 0 spiro atoms. The molecule has 0 atom stereocenters. The minimum Gasteiger partial charge on any atom is -0.462 e. The van der Waals surface area contributed by atoms with Crippen molar-refractivity contribution in [3.63, 3.8) is 0 Å². The van der Waals surface area contributed by atoms with Crippen LogP contribution in [0.3, 0.4) is 0 Å². The molecular weight excluding hydrogens is 268 g/mol. The first-order valence-corrected chi connectivity index (χ1v) is 5.93. The third-order valence-electron chi connectivity index (χ3n) is 2.72. The largest absolute Gasteiger partial charge is 0.462 e. The Morgan fingerprint density at radius 3 is 2.70 bits per heavy atom. The van der Waals surface area contributed by atoms with Crippen LogP contribution < -0.4 is 5.73 Å². The Kier molecular flexibility index (Phi) is 3.69. The summed E-state index contributed by atoms with van der Waals surface area (Å²) in [7, 11) is 0. The van der Waals surface area contributed by atoms with Crippen molar-refractivity contribution in [3.8, 4) is 5.69 Å². The van der Waals surface area contributed by atoms with Crippen LogP contribution in [-0.4, -0.2) is 22.4 Å². The fraction of sp³-hybridized carbons (Fsp3) is 0.231. The molecule has 0 aliphatic carbocycles. The minimum absolute atomic E-state index is 0.0203. The van der Waals surface area contributed by atoms with Gasteiger partial charge in [-0.05, 0) is 26.0 Å². The molecule has 2 N–H and O–H groups in total. The zero-order valence-corrected chi connectivity index (χ0v) is 11.0. The van der Waals surface area contributed by atoms with Crippen LogP contribution in [0.1, 0.15) is 23.0 Å². The van der Waals surface area contributed by atoms with Gasteiger partial charge in [-0.15, -0.1) is 0 Å². The number of carbonyl (C=O) groups is 1. The van der Waals surface area contributed by atoms with Crippen LogP contribution in [0.15, 0.2) is 18.2 Å². The van der Waals surface area contributed by atoms with Crippen molar-refractivity contribution in [3.05, 3.63) is 41.1 Å². The molecule has 5 nitrogen and oxygen atoms in total. The van der Waals surface area contributed by atoms with Gasteiger partial charge < -0.3 is 10.5 Å². The highest BCUT2D eigenvalue weighted by Gasteiger charge is 2.21. The number of ether oxygens (including phenoxy) is 1. The number of aromatic nitrogens is 2. The molecule has 0 fully saturated rings. The Hall–Kier alpha value is -2.44. The quantitative estimate of drug-likeness (QED) is 0.876. The average Bonchev–Trinajstić information content (AvgIpc) is 2.68. The van der Waals surface area contributed by atoms with E-state index in [0.717, 1.165) is 12.1 Å². The van der Waals surface area contributed by atoms with Gasteiger partial charge in [-0.25, -0.2) is 18.3 Å². The second kappa shape index (κ2) is 5.28. The standard InChI is InChI=1S/C13H13F2N3O2/c1-3-20-13(19)11-7(2)17-18(12(11)16)8-4-5-9(14)10(15)6-8/h4-6H,3,16H2,1-2H3. The molecule has 2 rings (SSSR count). The molecule has 0 aliphatic rings. The third-order valence-corrected chi connectivity index (χ3v) is 2.72. The first-order valence-electron chi connectivity index (χ1n) is 5.93. The number of nitrogen functional groups attached to an aromatic ring is 1. The lowest BCUT2D eigenvalue weighted by Crippen LogP contribution is -2.09. The fourth-order valence-electron chi connectivity index (χ4n) is 1.81. The second-order valence-corrected chi connectivity index (χ2v) is 4.08. The molecule has 0 saturated heterocycles. The van der Waals surface area contributed by atoms with E-state index in [-0.39, 0.29) is 23.7 Å². The van der Waals surface area contributed by atoms with E-state index in [1.807, 2.05) is 0 Å². The predicted octanol–water partition coefficient (Wildman–Crippen LogP) is 2.22. The number of anilines is 1. The van der Waals surface area contributed by atoms with Crippen LogP contribution in [0.4, 0.5) is 14.6 Å². The Morgan fingerprint density at radius 2 is 2.10 bits per heavy atom.